The number of β-amino-alcohol motifs (C(OH)–C–C–N with tert-alkyl or cyclic N) is 1. The Kier molecular flexibility index (Phi) is 5.60. The third-order valence-electron chi connectivity index (χ3n) is 6.16. The van der Waals surface area contributed by atoms with E-state index in [0.29, 0.717) is 12.1 Å². The van der Waals surface area contributed by atoms with Gasteiger partial charge >= 0.3 is 0 Å². The van der Waals surface area contributed by atoms with Gasteiger partial charge in [0.25, 0.3) is 5.91 Å². The topological polar surface area (TPSA) is 52.6 Å². The van der Waals surface area contributed by atoms with E-state index >= 15 is 0 Å². The molecule has 2 fully saturated rings. The van der Waals surface area contributed by atoms with Crippen molar-refractivity contribution in [3.63, 3.8) is 0 Å². The van der Waals surface area contributed by atoms with Crippen molar-refractivity contribution in [2.45, 2.75) is 31.4 Å². The molecule has 0 bridgehead atoms. The molecule has 154 valence electrons. The highest BCUT2D eigenvalue weighted by Gasteiger charge is 2.55. The first-order chi connectivity index (χ1) is 13.8. The van der Waals surface area contributed by atoms with Crippen molar-refractivity contribution in [3.05, 3.63) is 70.2 Å². The summed E-state index contributed by atoms with van der Waals surface area (Å²) in [4.78, 5) is 14.6. The SMILES string of the molecule is O=C(N[C@H]1CC12CCN(CC(O)c1ccc(F)cc1)CC2)c1cc(F)cc(Cl)c1. The lowest BCUT2D eigenvalue weighted by Crippen LogP contribution is -2.40. The van der Waals surface area contributed by atoms with Crippen molar-refractivity contribution < 1.29 is 18.7 Å². The van der Waals surface area contributed by atoms with Crippen molar-refractivity contribution in [1.29, 1.82) is 0 Å². The molecular formula is C22H23ClF2N2O2. The van der Waals surface area contributed by atoms with Crippen LogP contribution >= 0.6 is 11.6 Å². The van der Waals surface area contributed by atoms with E-state index in [1.165, 1.54) is 30.3 Å². The summed E-state index contributed by atoms with van der Waals surface area (Å²) in [7, 11) is 0. The van der Waals surface area contributed by atoms with Gasteiger partial charge < -0.3 is 15.3 Å². The Balaban J connectivity index is 1.27. The van der Waals surface area contributed by atoms with Crippen LogP contribution in [-0.2, 0) is 0 Å². The minimum Gasteiger partial charge on any atom is -0.387 e. The predicted molar refractivity (Wildman–Crippen MR) is 107 cm³/mol. The quantitative estimate of drug-likeness (QED) is 0.770. The number of hydrogen-bond acceptors (Lipinski definition) is 3. The second kappa shape index (κ2) is 8.01. The molecule has 0 aromatic heterocycles. The molecule has 2 N–H and O–H groups in total. The molecule has 2 aliphatic rings. The minimum absolute atomic E-state index is 0.0845. The standard InChI is InChI=1S/C22H23ClF2N2O2/c23-16-9-15(10-18(25)11-16)21(29)26-20-12-22(20)5-7-27(8-6-22)13-19(28)14-1-3-17(24)4-2-14/h1-4,9-11,19-20,28H,5-8,12-13H2,(H,26,29)/t19?,20-/m0/s1. The van der Waals surface area contributed by atoms with E-state index in [4.69, 9.17) is 11.6 Å². The number of halogens is 3. The van der Waals surface area contributed by atoms with Crippen LogP contribution < -0.4 is 5.32 Å². The molecule has 1 unspecified atom stereocenters. The minimum atomic E-state index is -0.655. The number of carbonyl (C=O) groups is 1. The summed E-state index contributed by atoms with van der Waals surface area (Å²) in [5.41, 5.74) is 1.03. The van der Waals surface area contributed by atoms with E-state index in [2.05, 4.69) is 10.2 Å². The third kappa shape index (κ3) is 4.60. The third-order valence-corrected chi connectivity index (χ3v) is 6.38. The van der Waals surface area contributed by atoms with Gasteiger partial charge in [0.2, 0.25) is 0 Å². The highest BCUT2D eigenvalue weighted by atomic mass is 35.5. The Hall–Kier alpha value is -2.02. The van der Waals surface area contributed by atoms with Crippen molar-refractivity contribution in [2.24, 2.45) is 5.41 Å². The molecule has 29 heavy (non-hydrogen) atoms. The van der Waals surface area contributed by atoms with Gasteiger partial charge in [0.05, 0.1) is 6.10 Å². The van der Waals surface area contributed by atoms with Crippen LogP contribution in [0.2, 0.25) is 5.02 Å². The summed E-state index contributed by atoms with van der Waals surface area (Å²) in [6.07, 6.45) is 2.11. The van der Waals surface area contributed by atoms with Gasteiger partial charge in [-0.25, -0.2) is 8.78 Å². The first-order valence-electron chi connectivity index (χ1n) is 9.77. The van der Waals surface area contributed by atoms with E-state index in [0.717, 1.165) is 32.4 Å². The van der Waals surface area contributed by atoms with E-state index in [-0.39, 0.29) is 33.8 Å². The summed E-state index contributed by atoms with van der Waals surface area (Å²) in [6.45, 7) is 2.16. The van der Waals surface area contributed by atoms with Gasteiger partial charge in [-0.15, -0.1) is 0 Å². The average molecular weight is 421 g/mol. The van der Waals surface area contributed by atoms with Crippen LogP contribution in [0.4, 0.5) is 8.78 Å². The van der Waals surface area contributed by atoms with Crippen LogP contribution in [0.3, 0.4) is 0 Å². The number of aliphatic hydroxyl groups is 1. The zero-order valence-corrected chi connectivity index (χ0v) is 16.6. The molecular weight excluding hydrogens is 398 g/mol. The Morgan fingerprint density at radius 1 is 1.17 bits per heavy atom. The van der Waals surface area contributed by atoms with Gasteiger partial charge in [-0.05, 0) is 73.7 Å². The van der Waals surface area contributed by atoms with Crippen molar-refractivity contribution in [1.82, 2.24) is 10.2 Å². The molecule has 1 spiro atoms. The molecule has 1 aliphatic heterocycles. The first-order valence-corrected chi connectivity index (χ1v) is 10.2. The summed E-state index contributed by atoms with van der Waals surface area (Å²) in [5, 5.41) is 13.6. The number of aliphatic hydroxyl groups excluding tert-OH is 1. The molecule has 2 atom stereocenters. The lowest BCUT2D eigenvalue weighted by molar-refractivity contribution is 0.0812. The van der Waals surface area contributed by atoms with Crippen molar-refractivity contribution in [3.8, 4) is 0 Å². The number of rotatable bonds is 5. The van der Waals surface area contributed by atoms with Crippen LogP contribution in [0.5, 0.6) is 0 Å². The maximum Gasteiger partial charge on any atom is 0.251 e. The van der Waals surface area contributed by atoms with Crippen molar-refractivity contribution in [2.75, 3.05) is 19.6 Å². The van der Waals surface area contributed by atoms with Crippen LogP contribution in [0.15, 0.2) is 42.5 Å². The lowest BCUT2D eigenvalue weighted by Gasteiger charge is -2.34. The molecule has 1 heterocycles. The maximum atomic E-state index is 13.5. The van der Waals surface area contributed by atoms with Gasteiger partial charge in [0.15, 0.2) is 0 Å². The van der Waals surface area contributed by atoms with Gasteiger partial charge in [-0.1, -0.05) is 23.7 Å². The first kappa shape index (κ1) is 20.3. The largest absolute Gasteiger partial charge is 0.387 e. The zero-order valence-electron chi connectivity index (χ0n) is 15.9. The molecule has 1 aliphatic carbocycles. The number of nitrogens with zero attached hydrogens (tertiary/aromatic N) is 1. The monoisotopic (exact) mass is 420 g/mol. The normalized spacial score (nSPS) is 21.7. The molecule has 7 heteroatoms. The maximum absolute atomic E-state index is 13.5. The number of hydrogen-bond donors (Lipinski definition) is 2. The molecule has 4 rings (SSSR count). The number of benzene rings is 2. The predicted octanol–water partition coefficient (Wildman–Crippen LogP) is 3.94. The fourth-order valence-electron chi connectivity index (χ4n) is 4.25. The summed E-state index contributed by atoms with van der Waals surface area (Å²) in [6, 6.07) is 9.84. The van der Waals surface area contributed by atoms with Crippen LogP contribution in [0.25, 0.3) is 0 Å². The molecule has 1 saturated carbocycles. The lowest BCUT2D eigenvalue weighted by atomic mass is 9.92. The number of piperidine rings is 1. The molecule has 0 radical (unpaired) electrons. The van der Waals surface area contributed by atoms with E-state index < -0.39 is 11.9 Å². The van der Waals surface area contributed by atoms with Gasteiger partial charge in [-0.3, -0.25) is 4.79 Å². The number of likely N-dealkylation sites (tertiary alicyclic amines) is 1. The molecule has 2 aromatic carbocycles. The second-order valence-corrected chi connectivity index (χ2v) is 8.56. The Labute approximate surface area is 173 Å². The van der Waals surface area contributed by atoms with Crippen LogP contribution in [0, 0.1) is 17.0 Å². The van der Waals surface area contributed by atoms with Crippen LogP contribution in [-0.4, -0.2) is 41.6 Å². The highest BCUT2D eigenvalue weighted by molar-refractivity contribution is 6.31. The van der Waals surface area contributed by atoms with E-state index in [9.17, 15) is 18.7 Å². The van der Waals surface area contributed by atoms with Gasteiger partial charge in [-0.2, -0.15) is 0 Å². The number of nitrogens with one attached hydrogen (secondary N) is 1. The smallest absolute Gasteiger partial charge is 0.251 e. The summed E-state index contributed by atoms with van der Waals surface area (Å²) < 4.78 is 26.5. The van der Waals surface area contributed by atoms with E-state index in [1.54, 1.807) is 12.1 Å². The Bertz CT molecular complexity index is 878. The second-order valence-electron chi connectivity index (χ2n) is 8.12. The fourth-order valence-corrected chi connectivity index (χ4v) is 4.47. The molecule has 1 amide bonds. The fraction of sp³-hybridized carbons (Fsp3) is 0.409. The number of amides is 1. The van der Waals surface area contributed by atoms with E-state index in [1.807, 2.05) is 0 Å². The van der Waals surface area contributed by atoms with Gasteiger partial charge in [0.1, 0.15) is 11.6 Å². The van der Waals surface area contributed by atoms with Crippen molar-refractivity contribution >= 4 is 17.5 Å². The Morgan fingerprint density at radius 3 is 2.52 bits per heavy atom. The molecule has 1 saturated heterocycles. The highest BCUT2D eigenvalue weighted by Crippen LogP contribution is 2.54. The Morgan fingerprint density at radius 2 is 1.86 bits per heavy atom. The molecule has 4 nitrogen and oxygen atoms in total. The summed E-state index contributed by atoms with van der Waals surface area (Å²) >= 11 is 5.83. The molecule has 2 aromatic rings. The average Bonchev–Trinajstić information content (AvgIpc) is 3.34. The zero-order chi connectivity index (χ0) is 20.6. The van der Waals surface area contributed by atoms with Gasteiger partial charge in [0, 0.05) is 23.2 Å². The van der Waals surface area contributed by atoms with Crippen LogP contribution in [0.1, 0.15) is 41.3 Å². The summed E-state index contributed by atoms with van der Waals surface area (Å²) in [5.74, 6) is -1.15. The number of carbonyl (C=O) groups excluding carboxylic acids is 1.